The van der Waals surface area contributed by atoms with Crippen molar-refractivity contribution < 1.29 is 12.9 Å². The van der Waals surface area contributed by atoms with E-state index >= 15 is 0 Å². The fourth-order valence-electron chi connectivity index (χ4n) is 2.13. The molecular weight excluding hydrogens is 359 g/mol. The lowest BCUT2D eigenvalue weighted by atomic mass is 10.2. The van der Waals surface area contributed by atoms with Crippen LogP contribution in [0.15, 0.2) is 47.0 Å². The monoisotopic (exact) mass is 370 g/mol. The van der Waals surface area contributed by atoms with Gasteiger partial charge in [0.05, 0.1) is 0 Å². The number of hydrogen-bond acceptors (Lipinski definition) is 4. The Morgan fingerprint density at radius 3 is 2.70 bits per heavy atom. The minimum Gasteiger partial charge on any atom is -0.356 e. The molecule has 0 atom stereocenters. The normalized spacial score (nSPS) is 11.9. The number of fused-ring (bicyclic) bond motifs is 1. The molecule has 3 aromatic rings. The lowest BCUT2D eigenvalue weighted by molar-refractivity contribution is 0.448. The molecule has 0 saturated carbocycles. The van der Waals surface area contributed by atoms with Crippen molar-refractivity contribution >= 4 is 44.2 Å². The van der Waals surface area contributed by atoms with E-state index in [2.05, 4.69) is 9.88 Å². The van der Waals surface area contributed by atoms with Crippen molar-refractivity contribution in [2.75, 3.05) is 0 Å². The lowest BCUT2D eigenvalue weighted by Gasteiger charge is -2.07. The molecule has 1 heterocycles. The van der Waals surface area contributed by atoms with Crippen molar-refractivity contribution in [3.63, 3.8) is 0 Å². The minimum atomic E-state index is -3.59. The van der Waals surface area contributed by atoms with Gasteiger partial charge in [-0.05, 0) is 29.8 Å². The van der Waals surface area contributed by atoms with E-state index in [9.17, 15) is 8.42 Å². The number of hydrogen-bond donors (Lipinski definition) is 1. The van der Waals surface area contributed by atoms with Crippen LogP contribution in [0, 0.1) is 0 Å². The summed E-state index contributed by atoms with van der Waals surface area (Å²) in [4.78, 5) is 0. The van der Waals surface area contributed by atoms with E-state index in [-0.39, 0.29) is 12.3 Å². The number of rotatable bonds is 5. The molecule has 0 bridgehead atoms. The zero-order valence-electron chi connectivity index (χ0n) is 11.8. The molecule has 1 aromatic heterocycles. The predicted molar refractivity (Wildman–Crippen MR) is 89.9 cm³/mol. The molecule has 23 heavy (non-hydrogen) atoms. The second-order valence-corrected chi connectivity index (χ2v) is 7.59. The number of aromatic nitrogens is 1. The van der Waals surface area contributed by atoms with Gasteiger partial charge in [-0.25, -0.2) is 13.1 Å². The molecule has 1 N–H and O–H groups in total. The number of halogens is 2. The van der Waals surface area contributed by atoms with Gasteiger partial charge in [0.15, 0.2) is 5.58 Å². The molecule has 120 valence electrons. The highest BCUT2D eigenvalue weighted by atomic mass is 35.5. The van der Waals surface area contributed by atoms with Crippen molar-refractivity contribution in [2.24, 2.45) is 0 Å². The first-order valence-electron chi connectivity index (χ1n) is 6.69. The molecule has 0 amide bonds. The van der Waals surface area contributed by atoms with Gasteiger partial charge in [-0.15, -0.1) is 0 Å². The molecule has 0 radical (unpaired) electrons. The van der Waals surface area contributed by atoms with Gasteiger partial charge in [-0.1, -0.05) is 46.6 Å². The lowest BCUT2D eigenvalue weighted by Crippen LogP contribution is -2.25. The third kappa shape index (κ3) is 3.84. The Labute approximate surface area is 143 Å². The molecule has 8 heteroatoms. The summed E-state index contributed by atoms with van der Waals surface area (Å²) >= 11 is 11.8. The van der Waals surface area contributed by atoms with Crippen molar-refractivity contribution in [1.82, 2.24) is 9.88 Å². The Kier molecular flexibility index (Phi) is 4.59. The van der Waals surface area contributed by atoms with Crippen molar-refractivity contribution in [3.8, 4) is 0 Å². The van der Waals surface area contributed by atoms with Gasteiger partial charge in [-0.3, -0.25) is 0 Å². The first-order chi connectivity index (χ1) is 10.9. The number of nitrogens with zero attached hydrogens (tertiary/aromatic N) is 1. The first kappa shape index (κ1) is 16.3. The molecule has 0 spiro atoms. The van der Waals surface area contributed by atoms with Crippen LogP contribution >= 0.6 is 23.2 Å². The molecule has 0 aliphatic carbocycles. The molecule has 5 nitrogen and oxygen atoms in total. The number of para-hydroxylation sites is 1. The summed E-state index contributed by atoms with van der Waals surface area (Å²) in [5.41, 5.74) is 1.57. The number of sulfonamides is 1. The van der Waals surface area contributed by atoms with Crippen molar-refractivity contribution in [3.05, 3.63) is 63.8 Å². The maximum atomic E-state index is 12.2. The molecule has 0 unspecified atom stereocenters. The molecular formula is C15H12Cl2N2O3S. The van der Waals surface area contributed by atoms with Crippen molar-refractivity contribution in [1.29, 1.82) is 0 Å². The quantitative estimate of drug-likeness (QED) is 0.741. The molecule has 0 aliphatic heterocycles. The Hall–Kier alpha value is -1.60. The maximum Gasteiger partial charge on any atom is 0.217 e. The van der Waals surface area contributed by atoms with E-state index in [4.69, 9.17) is 27.7 Å². The van der Waals surface area contributed by atoms with Gasteiger partial charge in [0.1, 0.15) is 11.4 Å². The Morgan fingerprint density at radius 1 is 1.13 bits per heavy atom. The maximum absolute atomic E-state index is 12.2. The Bertz CT molecular complexity index is 954. The van der Waals surface area contributed by atoms with Gasteiger partial charge in [-0.2, -0.15) is 0 Å². The van der Waals surface area contributed by atoms with Crippen LogP contribution in [0.25, 0.3) is 11.0 Å². The zero-order chi connectivity index (χ0) is 16.4. The molecule has 0 fully saturated rings. The molecule has 3 rings (SSSR count). The molecule has 2 aromatic carbocycles. The van der Waals surface area contributed by atoms with E-state index in [0.717, 1.165) is 0 Å². The Balaban J connectivity index is 1.74. The average molecular weight is 371 g/mol. The van der Waals surface area contributed by atoms with E-state index in [0.29, 0.717) is 32.3 Å². The van der Waals surface area contributed by atoms with Crippen LogP contribution in [0.1, 0.15) is 11.3 Å². The van der Waals surface area contributed by atoms with E-state index < -0.39 is 10.0 Å². The van der Waals surface area contributed by atoms with E-state index in [1.54, 1.807) is 42.5 Å². The summed E-state index contributed by atoms with van der Waals surface area (Å²) in [5, 5.41) is 5.42. The van der Waals surface area contributed by atoms with Crippen LogP contribution in [-0.4, -0.2) is 13.6 Å². The predicted octanol–water partition coefficient (Wildman–Crippen LogP) is 3.75. The summed E-state index contributed by atoms with van der Waals surface area (Å²) in [6, 6.07) is 12.0. The fourth-order valence-corrected chi connectivity index (χ4v) is 3.65. The summed E-state index contributed by atoms with van der Waals surface area (Å²) in [5.74, 6) is -0.269. The minimum absolute atomic E-state index is 0.0775. The molecule has 0 saturated heterocycles. The largest absolute Gasteiger partial charge is 0.356 e. The van der Waals surface area contributed by atoms with Gasteiger partial charge in [0.25, 0.3) is 0 Å². The highest BCUT2D eigenvalue weighted by Crippen LogP contribution is 2.22. The van der Waals surface area contributed by atoms with Gasteiger partial charge < -0.3 is 4.52 Å². The van der Waals surface area contributed by atoms with Gasteiger partial charge >= 0.3 is 0 Å². The van der Waals surface area contributed by atoms with Crippen LogP contribution in [-0.2, 0) is 22.3 Å². The molecule has 0 aliphatic rings. The average Bonchev–Trinajstić information content (AvgIpc) is 2.89. The van der Waals surface area contributed by atoms with Crippen LogP contribution in [0.4, 0.5) is 0 Å². The topological polar surface area (TPSA) is 72.2 Å². The third-order valence-electron chi connectivity index (χ3n) is 3.28. The first-order valence-corrected chi connectivity index (χ1v) is 9.10. The van der Waals surface area contributed by atoms with Crippen molar-refractivity contribution in [2.45, 2.75) is 12.3 Å². The summed E-state index contributed by atoms with van der Waals surface area (Å²) < 4.78 is 32.1. The van der Waals surface area contributed by atoms with Crippen LogP contribution in [0.3, 0.4) is 0 Å². The second-order valence-electron chi connectivity index (χ2n) is 4.94. The SMILES string of the molecule is O=S(=O)(Cc1noc2ccccc12)NCc1ccc(Cl)cc1Cl. The summed E-state index contributed by atoms with van der Waals surface area (Å²) in [6.07, 6.45) is 0. The fraction of sp³-hybridized carbons (Fsp3) is 0.133. The van der Waals surface area contributed by atoms with Gasteiger partial charge in [0, 0.05) is 22.0 Å². The highest BCUT2D eigenvalue weighted by Gasteiger charge is 2.17. The van der Waals surface area contributed by atoms with Gasteiger partial charge in [0.2, 0.25) is 10.0 Å². The standard InChI is InChI=1S/C15H12Cl2N2O3S/c16-11-6-5-10(13(17)7-11)8-18-23(20,21)9-14-12-3-1-2-4-15(12)22-19-14/h1-7,18H,8-9H2. The van der Waals surface area contributed by atoms with Crippen LogP contribution in [0.2, 0.25) is 10.0 Å². The summed E-state index contributed by atoms with van der Waals surface area (Å²) in [7, 11) is -3.59. The third-order valence-corrected chi connectivity index (χ3v) is 5.10. The smallest absolute Gasteiger partial charge is 0.217 e. The zero-order valence-corrected chi connectivity index (χ0v) is 14.1. The summed E-state index contributed by atoms with van der Waals surface area (Å²) in [6.45, 7) is 0.0775. The van der Waals surface area contributed by atoms with Crippen LogP contribution in [0.5, 0.6) is 0 Å². The van der Waals surface area contributed by atoms with E-state index in [1.807, 2.05) is 0 Å². The van der Waals surface area contributed by atoms with E-state index in [1.165, 1.54) is 0 Å². The Morgan fingerprint density at radius 2 is 1.91 bits per heavy atom. The highest BCUT2D eigenvalue weighted by molar-refractivity contribution is 7.88. The van der Waals surface area contributed by atoms with Crippen LogP contribution < -0.4 is 4.72 Å². The number of benzene rings is 2. The second kappa shape index (κ2) is 6.49. The number of nitrogens with one attached hydrogen (secondary N) is 1.